The zero-order valence-corrected chi connectivity index (χ0v) is 9.53. The Labute approximate surface area is 86.4 Å². The fourth-order valence-corrected chi connectivity index (χ4v) is 1.83. The molecule has 0 unspecified atom stereocenters. The zero-order valence-electron chi connectivity index (χ0n) is 9.53. The molecular formula is C11H20N2O. The molecule has 3 nitrogen and oxygen atoms in total. The number of nitrogens with zero attached hydrogens (tertiary/aromatic N) is 2. The first-order valence-electron chi connectivity index (χ1n) is 5.19. The molecule has 2 atom stereocenters. The second kappa shape index (κ2) is 4.60. The van der Waals surface area contributed by atoms with Crippen molar-refractivity contribution in [3.8, 4) is 0 Å². The number of hydrogen-bond donors (Lipinski definition) is 0. The second-order valence-electron chi connectivity index (χ2n) is 4.11. The third-order valence-electron chi connectivity index (χ3n) is 2.98. The number of amides is 1. The standard InChI is InChI=1S/C11H20N2O/c1-5-6-11(14)13-7-9(2)12(4)10(3)8-13/h5-6,9-10H,7-8H2,1-4H3/b6-5+/t9-,10+. The van der Waals surface area contributed by atoms with Gasteiger partial charge in [0.05, 0.1) is 0 Å². The first kappa shape index (κ1) is 11.2. The van der Waals surface area contributed by atoms with Crippen molar-refractivity contribution in [2.24, 2.45) is 0 Å². The van der Waals surface area contributed by atoms with E-state index in [-0.39, 0.29) is 5.91 Å². The minimum Gasteiger partial charge on any atom is -0.336 e. The van der Waals surface area contributed by atoms with E-state index < -0.39 is 0 Å². The lowest BCUT2D eigenvalue weighted by Crippen LogP contribution is -2.56. The van der Waals surface area contributed by atoms with Crippen LogP contribution in [0.5, 0.6) is 0 Å². The maximum Gasteiger partial charge on any atom is 0.246 e. The molecule has 1 fully saturated rings. The predicted molar refractivity (Wildman–Crippen MR) is 58.1 cm³/mol. The molecule has 3 heteroatoms. The average Bonchev–Trinajstić information content (AvgIpc) is 2.13. The molecule has 1 aliphatic heterocycles. The van der Waals surface area contributed by atoms with E-state index in [2.05, 4.69) is 25.8 Å². The van der Waals surface area contributed by atoms with Gasteiger partial charge < -0.3 is 4.90 Å². The topological polar surface area (TPSA) is 23.6 Å². The van der Waals surface area contributed by atoms with Crippen molar-refractivity contribution in [1.29, 1.82) is 0 Å². The van der Waals surface area contributed by atoms with E-state index in [9.17, 15) is 4.79 Å². The fraction of sp³-hybridized carbons (Fsp3) is 0.727. The summed E-state index contributed by atoms with van der Waals surface area (Å²) in [7, 11) is 2.12. The van der Waals surface area contributed by atoms with Crippen LogP contribution < -0.4 is 0 Å². The van der Waals surface area contributed by atoms with Gasteiger partial charge in [0.25, 0.3) is 0 Å². The number of carbonyl (C=O) groups is 1. The molecule has 1 heterocycles. The highest BCUT2D eigenvalue weighted by Gasteiger charge is 2.27. The lowest BCUT2D eigenvalue weighted by Gasteiger charge is -2.42. The smallest absolute Gasteiger partial charge is 0.246 e. The monoisotopic (exact) mass is 196 g/mol. The van der Waals surface area contributed by atoms with Gasteiger partial charge in [-0.05, 0) is 33.9 Å². The highest BCUT2D eigenvalue weighted by molar-refractivity contribution is 5.87. The van der Waals surface area contributed by atoms with E-state index in [1.54, 1.807) is 12.2 Å². The summed E-state index contributed by atoms with van der Waals surface area (Å²) >= 11 is 0. The average molecular weight is 196 g/mol. The van der Waals surface area contributed by atoms with Crippen LogP contribution in [0.15, 0.2) is 12.2 Å². The first-order chi connectivity index (χ1) is 6.56. The minimum absolute atomic E-state index is 0.138. The lowest BCUT2D eigenvalue weighted by molar-refractivity contribution is -0.129. The van der Waals surface area contributed by atoms with Crippen molar-refractivity contribution in [3.05, 3.63) is 12.2 Å². The van der Waals surface area contributed by atoms with E-state index in [0.717, 1.165) is 13.1 Å². The third kappa shape index (κ3) is 2.35. The quantitative estimate of drug-likeness (QED) is 0.587. The number of piperazine rings is 1. The van der Waals surface area contributed by atoms with Crippen LogP contribution in [0.1, 0.15) is 20.8 Å². The van der Waals surface area contributed by atoms with E-state index in [4.69, 9.17) is 0 Å². The van der Waals surface area contributed by atoms with E-state index in [1.165, 1.54) is 0 Å². The van der Waals surface area contributed by atoms with Crippen LogP contribution >= 0.6 is 0 Å². The number of likely N-dealkylation sites (N-methyl/N-ethyl adjacent to an activating group) is 1. The molecule has 1 saturated heterocycles. The third-order valence-corrected chi connectivity index (χ3v) is 2.98. The van der Waals surface area contributed by atoms with Gasteiger partial charge in [0.15, 0.2) is 0 Å². The molecule has 14 heavy (non-hydrogen) atoms. The Kier molecular flexibility index (Phi) is 3.69. The molecule has 0 aromatic carbocycles. The van der Waals surface area contributed by atoms with Crippen molar-refractivity contribution in [1.82, 2.24) is 9.80 Å². The van der Waals surface area contributed by atoms with Gasteiger partial charge in [-0.2, -0.15) is 0 Å². The van der Waals surface area contributed by atoms with Crippen molar-refractivity contribution in [3.63, 3.8) is 0 Å². The van der Waals surface area contributed by atoms with Crippen molar-refractivity contribution < 1.29 is 4.79 Å². The summed E-state index contributed by atoms with van der Waals surface area (Å²) in [5.41, 5.74) is 0. The summed E-state index contributed by atoms with van der Waals surface area (Å²) in [6.45, 7) is 7.87. The van der Waals surface area contributed by atoms with Crippen LogP contribution in [0.25, 0.3) is 0 Å². The van der Waals surface area contributed by atoms with Crippen LogP contribution in [-0.4, -0.2) is 47.9 Å². The summed E-state index contributed by atoms with van der Waals surface area (Å²) < 4.78 is 0. The zero-order chi connectivity index (χ0) is 10.7. The van der Waals surface area contributed by atoms with Crippen molar-refractivity contribution in [2.75, 3.05) is 20.1 Å². The van der Waals surface area contributed by atoms with Crippen LogP contribution in [0.3, 0.4) is 0 Å². The Morgan fingerprint density at radius 3 is 2.21 bits per heavy atom. The molecule has 0 bridgehead atoms. The molecule has 0 aliphatic carbocycles. The largest absolute Gasteiger partial charge is 0.336 e. The number of rotatable bonds is 1. The highest BCUT2D eigenvalue weighted by Crippen LogP contribution is 2.13. The van der Waals surface area contributed by atoms with Crippen LogP contribution in [0, 0.1) is 0 Å². The lowest BCUT2D eigenvalue weighted by atomic mass is 10.1. The normalized spacial score (nSPS) is 29.9. The van der Waals surface area contributed by atoms with Gasteiger partial charge in [0.1, 0.15) is 0 Å². The van der Waals surface area contributed by atoms with Gasteiger partial charge in [-0.25, -0.2) is 0 Å². The van der Waals surface area contributed by atoms with Gasteiger partial charge in [0, 0.05) is 25.2 Å². The fourth-order valence-electron chi connectivity index (χ4n) is 1.83. The molecule has 1 rings (SSSR count). The highest BCUT2D eigenvalue weighted by atomic mass is 16.2. The first-order valence-corrected chi connectivity index (χ1v) is 5.19. The van der Waals surface area contributed by atoms with E-state index in [0.29, 0.717) is 12.1 Å². The Morgan fingerprint density at radius 2 is 1.79 bits per heavy atom. The molecule has 0 radical (unpaired) electrons. The number of allylic oxidation sites excluding steroid dienone is 1. The van der Waals surface area contributed by atoms with Gasteiger partial charge in [0.2, 0.25) is 5.91 Å². The summed E-state index contributed by atoms with van der Waals surface area (Å²) in [4.78, 5) is 15.9. The minimum atomic E-state index is 0.138. The SMILES string of the molecule is C/C=C/C(=O)N1C[C@@H](C)N(C)[C@@H](C)C1. The molecular weight excluding hydrogens is 176 g/mol. The van der Waals surface area contributed by atoms with E-state index >= 15 is 0 Å². The molecule has 0 spiro atoms. The van der Waals surface area contributed by atoms with Crippen molar-refractivity contribution in [2.45, 2.75) is 32.9 Å². The molecule has 80 valence electrons. The number of hydrogen-bond acceptors (Lipinski definition) is 2. The number of carbonyl (C=O) groups excluding carboxylic acids is 1. The van der Waals surface area contributed by atoms with Gasteiger partial charge in [-0.1, -0.05) is 6.08 Å². The Hall–Kier alpha value is -0.830. The van der Waals surface area contributed by atoms with Crippen LogP contribution in [-0.2, 0) is 4.79 Å². The maximum atomic E-state index is 11.6. The van der Waals surface area contributed by atoms with Crippen LogP contribution in [0.2, 0.25) is 0 Å². The molecule has 1 aliphatic rings. The molecule has 0 N–H and O–H groups in total. The molecule has 0 aromatic heterocycles. The van der Waals surface area contributed by atoms with Crippen molar-refractivity contribution >= 4 is 5.91 Å². The molecule has 0 saturated carbocycles. The summed E-state index contributed by atoms with van der Waals surface area (Å²) in [6.07, 6.45) is 3.45. The Bertz CT molecular complexity index is 225. The predicted octanol–water partition coefficient (Wildman–Crippen LogP) is 1.11. The Balaban J connectivity index is 2.62. The van der Waals surface area contributed by atoms with Gasteiger partial charge >= 0.3 is 0 Å². The molecule has 1 amide bonds. The maximum absolute atomic E-state index is 11.6. The second-order valence-corrected chi connectivity index (χ2v) is 4.11. The van der Waals surface area contributed by atoms with Gasteiger partial charge in [-0.3, -0.25) is 9.69 Å². The summed E-state index contributed by atoms with van der Waals surface area (Å²) in [5.74, 6) is 0.138. The van der Waals surface area contributed by atoms with Crippen LogP contribution in [0.4, 0.5) is 0 Å². The summed E-state index contributed by atoms with van der Waals surface area (Å²) in [6, 6.07) is 0.904. The molecule has 0 aromatic rings. The van der Waals surface area contributed by atoms with E-state index in [1.807, 2.05) is 11.8 Å². The Morgan fingerprint density at radius 1 is 1.29 bits per heavy atom. The van der Waals surface area contributed by atoms with Gasteiger partial charge in [-0.15, -0.1) is 0 Å². The summed E-state index contributed by atoms with van der Waals surface area (Å²) in [5, 5.41) is 0.